The van der Waals surface area contributed by atoms with Crippen molar-refractivity contribution < 1.29 is 14.3 Å². The van der Waals surface area contributed by atoms with Gasteiger partial charge >= 0.3 is 0 Å². The molecular formula is C32H34N6O3S. The van der Waals surface area contributed by atoms with E-state index in [1.165, 1.54) is 11.3 Å². The maximum absolute atomic E-state index is 11.4. The Morgan fingerprint density at radius 3 is 2.74 bits per heavy atom. The van der Waals surface area contributed by atoms with Gasteiger partial charge in [0.05, 0.1) is 35.1 Å². The normalized spacial score (nSPS) is 11.1. The molecule has 0 bridgehead atoms. The number of thiazole rings is 1. The highest BCUT2D eigenvalue weighted by Crippen LogP contribution is 2.32. The van der Waals surface area contributed by atoms with Gasteiger partial charge < -0.3 is 20.8 Å². The fraction of sp³-hybridized carbons (Fsp3) is 0.281. The number of pyridine rings is 1. The summed E-state index contributed by atoms with van der Waals surface area (Å²) >= 11 is 1.48. The van der Waals surface area contributed by atoms with Crippen molar-refractivity contribution in [1.82, 2.24) is 25.3 Å². The lowest BCUT2D eigenvalue weighted by atomic mass is 10.1. The van der Waals surface area contributed by atoms with Gasteiger partial charge in [0.15, 0.2) is 0 Å². The van der Waals surface area contributed by atoms with E-state index in [2.05, 4.69) is 26.3 Å². The van der Waals surface area contributed by atoms with E-state index in [0.717, 1.165) is 76.2 Å². The second-order valence-electron chi connectivity index (χ2n) is 10.1. The van der Waals surface area contributed by atoms with E-state index < -0.39 is 5.91 Å². The molecule has 0 radical (unpaired) electrons. The Morgan fingerprint density at radius 1 is 1.02 bits per heavy atom. The average Bonchev–Trinajstić information content (AvgIpc) is 3.67. The minimum Gasteiger partial charge on any atom is -0.472 e. The molecule has 0 fully saturated rings. The Kier molecular flexibility index (Phi) is 9.55. The predicted octanol–water partition coefficient (Wildman–Crippen LogP) is 5.59. The summed E-state index contributed by atoms with van der Waals surface area (Å²) < 4.78 is 6.33. The van der Waals surface area contributed by atoms with E-state index in [1.54, 1.807) is 7.05 Å². The van der Waals surface area contributed by atoms with Crippen molar-refractivity contribution in [2.45, 2.75) is 51.6 Å². The number of ether oxygens (including phenoxy) is 1. The Morgan fingerprint density at radius 2 is 1.88 bits per heavy atom. The van der Waals surface area contributed by atoms with Gasteiger partial charge in [-0.15, -0.1) is 11.3 Å². The zero-order chi connectivity index (χ0) is 29.3. The number of hydrogen-bond acceptors (Lipinski definition) is 7. The van der Waals surface area contributed by atoms with Crippen molar-refractivity contribution in [2.24, 2.45) is 5.73 Å². The molecule has 5 rings (SSSR count). The molecule has 2 amide bonds. The molecule has 3 aromatic heterocycles. The fourth-order valence-electron chi connectivity index (χ4n) is 4.73. The third-order valence-electron chi connectivity index (χ3n) is 6.91. The molecule has 42 heavy (non-hydrogen) atoms. The summed E-state index contributed by atoms with van der Waals surface area (Å²) in [5.41, 5.74) is 10.5. The molecule has 0 aliphatic carbocycles. The van der Waals surface area contributed by atoms with Gasteiger partial charge in [0, 0.05) is 36.2 Å². The standard InChI is InChI=1S/C32H34N6O3S/c1-34-30(40)14-5-3-2-4-13-29-35-18-27(37-29)25-16-22-10-6-7-12-26(22)38-31(25)41-19-21-9-8-11-23(15-21)32-36-24(20-42-32)17-28(33)39/h6-12,15-16,18,20H,2-5,13-14,17,19H2,1H3,(H2,33,39)(H,34,40)(H,35,37). The molecule has 5 aromatic rings. The molecule has 0 saturated carbocycles. The summed E-state index contributed by atoms with van der Waals surface area (Å²) in [6.07, 6.45) is 7.34. The highest BCUT2D eigenvalue weighted by atomic mass is 32.1. The third-order valence-corrected chi connectivity index (χ3v) is 7.85. The van der Waals surface area contributed by atoms with Crippen LogP contribution in [-0.2, 0) is 29.0 Å². The number of hydrogen-bond donors (Lipinski definition) is 3. The Labute approximate surface area is 248 Å². The molecule has 0 saturated heterocycles. The first-order chi connectivity index (χ1) is 20.5. The first kappa shape index (κ1) is 28.9. The van der Waals surface area contributed by atoms with Gasteiger partial charge in [-0.3, -0.25) is 9.59 Å². The number of fused-ring (bicyclic) bond motifs is 1. The van der Waals surface area contributed by atoms with Crippen LogP contribution in [0.15, 0.2) is 66.2 Å². The second-order valence-corrected chi connectivity index (χ2v) is 11.0. The molecule has 0 unspecified atom stereocenters. The van der Waals surface area contributed by atoms with Crippen LogP contribution in [0.2, 0.25) is 0 Å². The highest BCUT2D eigenvalue weighted by molar-refractivity contribution is 7.13. The zero-order valence-electron chi connectivity index (χ0n) is 23.6. The number of aromatic nitrogens is 4. The number of unbranched alkanes of at least 4 members (excludes halogenated alkanes) is 3. The van der Waals surface area contributed by atoms with Crippen molar-refractivity contribution in [1.29, 1.82) is 0 Å². The van der Waals surface area contributed by atoms with Crippen LogP contribution in [0.4, 0.5) is 0 Å². The molecule has 3 heterocycles. The quantitative estimate of drug-likeness (QED) is 0.146. The number of carbonyl (C=O) groups excluding carboxylic acids is 2. The van der Waals surface area contributed by atoms with E-state index in [0.29, 0.717) is 24.6 Å². The molecule has 0 spiro atoms. The van der Waals surface area contributed by atoms with Gasteiger partial charge in [-0.2, -0.15) is 0 Å². The van der Waals surface area contributed by atoms with Gasteiger partial charge in [-0.1, -0.05) is 49.2 Å². The molecule has 0 aliphatic heterocycles. The number of nitrogens with two attached hydrogens (primary N) is 1. The Bertz CT molecular complexity index is 1680. The van der Waals surface area contributed by atoms with Gasteiger partial charge in [0.2, 0.25) is 17.7 Å². The largest absolute Gasteiger partial charge is 0.472 e. The van der Waals surface area contributed by atoms with Crippen LogP contribution in [0.25, 0.3) is 32.7 Å². The number of carbonyl (C=O) groups is 2. The van der Waals surface area contributed by atoms with Crippen LogP contribution in [0.3, 0.4) is 0 Å². The van der Waals surface area contributed by atoms with Crippen molar-refractivity contribution >= 4 is 34.1 Å². The van der Waals surface area contributed by atoms with Gasteiger partial charge in [0.1, 0.15) is 17.4 Å². The van der Waals surface area contributed by atoms with Crippen LogP contribution in [0.1, 0.15) is 49.2 Å². The molecule has 2 aromatic carbocycles. The number of primary amides is 1. The van der Waals surface area contributed by atoms with Crippen molar-refractivity contribution in [3.63, 3.8) is 0 Å². The summed E-state index contributed by atoms with van der Waals surface area (Å²) in [5.74, 6) is 1.14. The molecule has 216 valence electrons. The second kappa shape index (κ2) is 13.9. The lowest BCUT2D eigenvalue weighted by molar-refractivity contribution is -0.120. The fourth-order valence-corrected chi connectivity index (χ4v) is 5.55. The first-order valence-electron chi connectivity index (χ1n) is 14.1. The van der Waals surface area contributed by atoms with Crippen molar-refractivity contribution in [3.05, 3.63) is 83.3 Å². The molecule has 4 N–H and O–H groups in total. The number of benzene rings is 2. The summed E-state index contributed by atoms with van der Waals surface area (Å²) in [5, 5.41) is 6.37. The number of aromatic amines is 1. The molecule has 0 aliphatic rings. The number of imidazole rings is 1. The van der Waals surface area contributed by atoms with E-state index in [1.807, 2.05) is 60.1 Å². The summed E-state index contributed by atoms with van der Waals surface area (Å²) in [6.45, 7) is 0.322. The minimum absolute atomic E-state index is 0.0931. The third kappa shape index (κ3) is 7.58. The summed E-state index contributed by atoms with van der Waals surface area (Å²) in [7, 11) is 1.67. The van der Waals surface area contributed by atoms with E-state index in [4.69, 9.17) is 15.5 Å². The highest BCUT2D eigenvalue weighted by Gasteiger charge is 2.14. The van der Waals surface area contributed by atoms with Gasteiger partial charge in [0.25, 0.3) is 0 Å². The molecule has 10 heteroatoms. The van der Waals surface area contributed by atoms with Crippen molar-refractivity contribution in [2.75, 3.05) is 7.05 Å². The predicted molar refractivity (Wildman–Crippen MR) is 165 cm³/mol. The lowest BCUT2D eigenvalue weighted by Crippen LogP contribution is -2.16. The lowest BCUT2D eigenvalue weighted by Gasteiger charge is -2.12. The summed E-state index contributed by atoms with van der Waals surface area (Å²) in [4.78, 5) is 40.1. The monoisotopic (exact) mass is 582 g/mol. The summed E-state index contributed by atoms with van der Waals surface area (Å²) in [6, 6.07) is 18.1. The average molecular weight is 583 g/mol. The number of para-hydroxylation sites is 1. The number of amides is 2. The van der Waals surface area contributed by atoms with Crippen LogP contribution in [0.5, 0.6) is 5.88 Å². The Balaban J connectivity index is 1.28. The van der Waals surface area contributed by atoms with Crippen LogP contribution in [0, 0.1) is 0 Å². The van der Waals surface area contributed by atoms with Gasteiger partial charge in [-0.05, 0) is 36.6 Å². The van der Waals surface area contributed by atoms with E-state index in [9.17, 15) is 9.59 Å². The maximum Gasteiger partial charge on any atom is 0.223 e. The van der Waals surface area contributed by atoms with Crippen LogP contribution in [-0.4, -0.2) is 38.8 Å². The van der Waals surface area contributed by atoms with Gasteiger partial charge in [-0.25, -0.2) is 15.0 Å². The first-order valence-corrected chi connectivity index (χ1v) is 15.0. The SMILES string of the molecule is CNC(=O)CCCCCCc1ncc(-c2cc3ccccc3nc2OCc2cccc(-c3nc(CC(N)=O)cs3)c2)[nH]1. The molecular weight excluding hydrogens is 548 g/mol. The van der Waals surface area contributed by atoms with Crippen LogP contribution >= 0.6 is 11.3 Å². The van der Waals surface area contributed by atoms with Crippen LogP contribution < -0.4 is 15.8 Å². The maximum atomic E-state index is 11.4. The van der Waals surface area contributed by atoms with E-state index in [-0.39, 0.29) is 12.3 Å². The Hall–Kier alpha value is -4.57. The number of nitrogens with zero attached hydrogens (tertiary/aromatic N) is 3. The van der Waals surface area contributed by atoms with Crippen molar-refractivity contribution in [3.8, 4) is 27.7 Å². The number of aryl methyl sites for hydroxylation is 1. The van der Waals surface area contributed by atoms with E-state index >= 15 is 0 Å². The topological polar surface area (TPSA) is 136 Å². The molecule has 0 atom stereocenters. The smallest absolute Gasteiger partial charge is 0.223 e. The molecule has 9 nitrogen and oxygen atoms in total. The number of nitrogens with one attached hydrogen (secondary N) is 2. The zero-order valence-corrected chi connectivity index (χ0v) is 24.4. The minimum atomic E-state index is -0.397. The number of H-pyrrole nitrogens is 1. The number of rotatable bonds is 14.